The SMILES string of the molecule is COC(=O)CC(c1cccc(OC)c1)C1C(C)NNC1O. The van der Waals surface area contributed by atoms with Gasteiger partial charge >= 0.3 is 5.97 Å². The fraction of sp³-hybridized carbons (Fsp3) is 0.533. The lowest BCUT2D eigenvalue weighted by atomic mass is 9.79. The third-order valence-electron chi connectivity index (χ3n) is 4.00. The van der Waals surface area contributed by atoms with E-state index in [1.807, 2.05) is 31.2 Å². The molecule has 0 aromatic heterocycles. The summed E-state index contributed by atoms with van der Waals surface area (Å²) in [6.45, 7) is 1.97. The topological polar surface area (TPSA) is 79.8 Å². The number of hydrazine groups is 1. The van der Waals surface area contributed by atoms with E-state index in [1.165, 1.54) is 7.11 Å². The Morgan fingerprint density at radius 2 is 2.14 bits per heavy atom. The van der Waals surface area contributed by atoms with Gasteiger partial charge in [0.15, 0.2) is 0 Å². The minimum atomic E-state index is -0.721. The number of hydrogen-bond donors (Lipinski definition) is 3. The highest BCUT2D eigenvalue weighted by Gasteiger charge is 2.39. The molecule has 6 heteroatoms. The van der Waals surface area contributed by atoms with Gasteiger partial charge in [0.25, 0.3) is 0 Å². The van der Waals surface area contributed by atoms with Gasteiger partial charge in [-0.25, -0.2) is 5.43 Å². The van der Waals surface area contributed by atoms with Crippen molar-refractivity contribution in [1.29, 1.82) is 0 Å². The average molecular weight is 294 g/mol. The lowest BCUT2D eigenvalue weighted by Gasteiger charge is -2.27. The number of benzene rings is 1. The first-order valence-corrected chi connectivity index (χ1v) is 6.96. The molecule has 6 nitrogen and oxygen atoms in total. The normalized spacial score (nSPS) is 26.4. The summed E-state index contributed by atoms with van der Waals surface area (Å²) in [5, 5.41) is 10.1. The molecule has 1 aromatic carbocycles. The van der Waals surface area contributed by atoms with E-state index < -0.39 is 6.23 Å². The third kappa shape index (κ3) is 3.53. The number of nitrogens with one attached hydrogen (secondary N) is 2. The fourth-order valence-electron chi connectivity index (χ4n) is 2.86. The minimum Gasteiger partial charge on any atom is -0.497 e. The Morgan fingerprint density at radius 1 is 1.38 bits per heavy atom. The number of ether oxygens (including phenoxy) is 2. The number of rotatable bonds is 5. The van der Waals surface area contributed by atoms with E-state index in [0.717, 1.165) is 11.3 Å². The van der Waals surface area contributed by atoms with Gasteiger partial charge in [0, 0.05) is 17.9 Å². The van der Waals surface area contributed by atoms with Crippen LogP contribution in [0.1, 0.15) is 24.8 Å². The molecule has 1 heterocycles. The van der Waals surface area contributed by atoms with E-state index in [4.69, 9.17) is 9.47 Å². The van der Waals surface area contributed by atoms with E-state index in [2.05, 4.69) is 10.9 Å². The first kappa shape index (κ1) is 15.8. The number of esters is 1. The standard InChI is InChI=1S/C15H22N2O4/c1-9-14(15(19)17-16-9)12(8-13(18)21-3)10-5-4-6-11(7-10)20-2/h4-7,9,12,14-17,19H,8H2,1-3H3. The van der Waals surface area contributed by atoms with Gasteiger partial charge in [0.1, 0.15) is 12.0 Å². The summed E-state index contributed by atoms with van der Waals surface area (Å²) in [6, 6.07) is 7.59. The second kappa shape index (κ2) is 6.89. The van der Waals surface area contributed by atoms with E-state index >= 15 is 0 Å². The first-order chi connectivity index (χ1) is 10.1. The van der Waals surface area contributed by atoms with Crippen LogP contribution in [0.4, 0.5) is 0 Å². The number of carbonyl (C=O) groups is 1. The summed E-state index contributed by atoms with van der Waals surface area (Å²) < 4.78 is 10.0. The van der Waals surface area contributed by atoms with Crippen LogP contribution in [0.15, 0.2) is 24.3 Å². The average Bonchev–Trinajstić information content (AvgIpc) is 2.83. The summed E-state index contributed by atoms with van der Waals surface area (Å²) in [6.07, 6.45) is -0.514. The van der Waals surface area contributed by atoms with Crippen molar-refractivity contribution in [2.45, 2.75) is 31.5 Å². The van der Waals surface area contributed by atoms with Gasteiger partial charge in [-0.15, -0.1) is 0 Å². The van der Waals surface area contributed by atoms with Crippen LogP contribution in [0, 0.1) is 5.92 Å². The summed E-state index contributed by atoms with van der Waals surface area (Å²) in [7, 11) is 2.97. The van der Waals surface area contributed by atoms with Crippen molar-refractivity contribution in [2.24, 2.45) is 5.92 Å². The predicted molar refractivity (Wildman–Crippen MR) is 77.6 cm³/mol. The van der Waals surface area contributed by atoms with Crippen LogP contribution in [0.5, 0.6) is 5.75 Å². The van der Waals surface area contributed by atoms with E-state index in [0.29, 0.717) is 0 Å². The minimum absolute atomic E-state index is 0.0286. The molecule has 1 aliphatic heterocycles. The molecule has 4 unspecified atom stereocenters. The smallest absolute Gasteiger partial charge is 0.306 e. The monoisotopic (exact) mass is 294 g/mol. The number of hydrogen-bond acceptors (Lipinski definition) is 6. The summed E-state index contributed by atoms with van der Waals surface area (Å²) in [5.41, 5.74) is 6.76. The molecule has 0 saturated carbocycles. The second-order valence-corrected chi connectivity index (χ2v) is 5.26. The Bertz CT molecular complexity index is 484. The van der Waals surface area contributed by atoms with Crippen molar-refractivity contribution in [2.75, 3.05) is 14.2 Å². The van der Waals surface area contributed by atoms with Crippen molar-refractivity contribution in [3.63, 3.8) is 0 Å². The molecular weight excluding hydrogens is 272 g/mol. The second-order valence-electron chi connectivity index (χ2n) is 5.26. The summed E-state index contributed by atoms with van der Waals surface area (Å²) >= 11 is 0. The molecule has 0 bridgehead atoms. The van der Waals surface area contributed by atoms with Crippen molar-refractivity contribution < 1.29 is 19.4 Å². The summed E-state index contributed by atoms with van der Waals surface area (Å²) in [4.78, 5) is 11.7. The molecule has 0 spiro atoms. The fourth-order valence-corrected chi connectivity index (χ4v) is 2.86. The molecule has 1 fully saturated rings. The van der Waals surface area contributed by atoms with Gasteiger partial charge < -0.3 is 14.6 Å². The van der Waals surface area contributed by atoms with Gasteiger partial charge in [-0.2, -0.15) is 0 Å². The van der Waals surface area contributed by atoms with Crippen molar-refractivity contribution in [1.82, 2.24) is 10.9 Å². The summed E-state index contributed by atoms with van der Waals surface area (Å²) in [5.74, 6) is 0.119. The number of aliphatic hydroxyl groups is 1. The Balaban J connectivity index is 2.32. The maximum Gasteiger partial charge on any atom is 0.306 e. The lowest BCUT2D eigenvalue weighted by Crippen LogP contribution is -2.33. The Morgan fingerprint density at radius 3 is 2.71 bits per heavy atom. The maximum absolute atomic E-state index is 11.7. The molecule has 0 radical (unpaired) electrons. The maximum atomic E-state index is 11.7. The number of methoxy groups -OCH3 is 2. The predicted octanol–water partition coefficient (Wildman–Crippen LogP) is 0.773. The largest absolute Gasteiger partial charge is 0.497 e. The van der Waals surface area contributed by atoms with E-state index in [-0.39, 0.29) is 30.3 Å². The van der Waals surface area contributed by atoms with Gasteiger partial charge in [0.2, 0.25) is 0 Å². The lowest BCUT2D eigenvalue weighted by molar-refractivity contribution is -0.141. The zero-order chi connectivity index (χ0) is 15.4. The van der Waals surface area contributed by atoms with Crippen LogP contribution in [-0.4, -0.2) is 37.6 Å². The highest BCUT2D eigenvalue weighted by atomic mass is 16.5. The molecule has 1 aromatic rings. The third-order valence-corrected chi connectivity index (χ3v) is 4.00. The molecule has 2 rings (SSSR count). The van der Waals surface area contributed by atoms with Gasteiger partial charge in [-0.3, -0.25) is 10.2 Å². The van der Waals surface area contributed by atoms with Gasteiger partial charge in [-0.1, -0.05) is 12.1 Å². The van der Waals surface area contributed by atoms with Crippen LogP contribution >= 0.6 is 0 Å². The van der Waals surface area contributed by atoms with Crippen LogP contribution in [0.25, 0.3) is 0 Å². The number of aliphatic hydroxyl groups excluding tert-OH is 1. The van der Waals surface area contributed by atoms with E-state index in [1.54, 1.807) is 7.11 Å². The molecule has 1 aliphatic rings. The van der Waals surface area contributed by atoms with Crippen molar-refractivity contribution in [3.8, 4) is 5.75 Å². The van der Waals surface area contributed by atoms with Crippen LogP contribution in [0.3, 0.4) is 0 Å². The highest BCUT2D eigenvalue weighted by molar-refractivity contribution is 5.70. The zero-order valence-corrected chi connectivity index (χ0v) is 12.5. The van der Waals surface area contributed by atoms with Crippen molar-refractivity contribution >= 4 is 5.97 Å². The molecular formula is C15H22N2O4. The number of carbonyl (C=O) groups excluding carboxylic acids is 1. The molecule has 21 heavy (non-hydrogen) atoms. The molecule has 0 aliphatic carbocycles. The van der Waals surface area contributed by atoms with Crippen LogP contribution in [0.2, 0.25) is 0 Å². The Hall–Kier alpha value is -1.63. The van der Waals surface area contributed by atoms with Gasteiger partial charge in [-0.05, 0) is 24.6 Å². The molecule has 3 N–H and O–H groups in total. The first-order valence-electron chi connectivity index (χ1n) is 6.96. The zero-order valence-electron chi connectivity index (χ0n) is 12.5. The highest BCUT2D eigenvalue weighted by Crippen LogP contribution is 2.35. The van der Waals surface area contributed by atoms with Crippen LogP contribution in [-0.2, 0) is 9.53 Å². The van der Waals surface area contributed by atoms with Crippen LogP contribution < -0.4 is 15.6 Å². The van der Waals surface area contributed by atoms with Gasteiger partial charge in [0.05, 0.1) is 20.6 Å². The van der Waals surface area contributed by atoms with E-state index in [9.17, 15) is 9.90 Å². The van der Waals surface area contributed by atoms with Crippen molar-refractivity contribution in [3.05, 3.63) is 29.8 Å². The molecule has 116 valence electrons. The molecule has 1 saturated heterocycles. The Kier molecular flexibility index (Phi) is 5.17. The quantitative estimate of drug-likeness (QED) is 0.696. The molecule has 4 atom stereocenters. The molecule has 0 amide bonds. The Labute approximate surface area is 124 Å².